The zero-order valence-electron chi connectivity index (χ0n) is 14.1. The van der Waals surface area contributed by atoms with Gasteiger partial charge in [0.1, 0.15) is 10.5 Å². The van der Waals surface area contributed by atoms with Crippen LogP contribution in [0.2, 0.25) is 0 Å². The molecule has 2 amide bonds. The van der Waals surface area contributed by atoms with Crippen LogP contribution in [-0.2, 0) is 10.2 Å². The molecule has 1 aromatic rings. The van der Waals surface area contributed by atoms with Gasteiger partial charge in [-0.3, -0.25) is 4.79 Å². The molecule has 7 heteroatoms. The largest absolute Gasteiger partial charge is 0.444 e. The van der Waals surface area contributed by atoms with Gasteiger partial charge >= 0.3 is 6.09 Å². The third-order valence-electron chi connectivity index (χ3n) is 2.45. The Labute approximate surface area is 135 Å². The van der Waals surface area contributed by atoms with Gasteiger partial charge < -0.3 is 15.4 Å². The average molecular weight is 327 g/mol. The minimum atomic E-state index is -0.528. The number of thiazole rings is 1. The number of ether oxygens (including phenoxy) is 1. The second-order valence-electron chi connectivity index (χ2n) is 6.96. The van der Waals surface area contributed by atoms with E-state index in [1.54, 1.807) is 27.0 Å². The summed E-state index contributed by atoms with van der Waals surface area (Å²) in [6.45, 7) is 12.2. The molecule has 0 atom stereocenters. The molecule has 0 fully saturated rings. The molecule has 6 nitrogen and oxygen atoms in total. The lowest BCUT2D eigenvalue weighted by molar-refractivity contribution is 0.0526. The van der Waals surface area contributed by atoms with E-state index in [0.29, 0.717) is 18.0 Å². The maximum atomic E-state index is 12.0. The fourth-order valence-corrected chi connectivity index (χ4v) is 2.36. The van der Waals surface area contributed by atoms with Crippen LogP contribution in [0.4, 0.5) is 4.79 Å². The summed E-state index contributed by atoms with van der Waals surface area (Å²) in [5, 5.41) is 6.25. The highest BCUT2D eigenvalue weighted by molar-refractivity contribution is 7.13. The number of hydrogen-bond acceptors (Lipinski definition) is 5. The smallest absolute Gasteiger partial charge is 0.407 e. The Morgan fingerprint density at radius 2 is 1.73 bits per heavy atom. The van der Waals surface area contributed by atoms with Crippen LogP contribution in [0.5, 0.6) is 0 Å². The standard InChI is InChI=1S/C15H25N3O3S/c1-14(2,3)12-18-9-10(22-12)11(19)16-7-8-17-13(20)21-15(4,5)6/h9H,7-8H2,1-6H3,(H,16,19)(H,17,20). The van der Waals surface area contributed by atoms with Gasteiger partial charge in [-0.25, -0.2) is 9.78 Å². The van der Waals surface area contributed by atoms with Crippen LogP contribution in [-0.4, -0.2) is 35.7 Å². The van der Waals surface area contributed by atoms with Crippen molar-refractivity contribution < 1.29 is 14.3 Å². The van der Waals surface area contributed by atoms with Crippen LogP contribution in [0.3, 0.4) is 0 Å². The number of nitrogens with one attached hydrogen (secondary N) is 2. The minimum absolute atomic E-state index is 0.0680. The molecule has 124 valence electrons. The molecular formula is C15H25N3O3S. The zero-order valence-corrected chi connectivity index (χ0v) is 14.9. The Bertz CT molecular complexity index is 527. The molecule has 2 N–H and O–H groups in total. The molecule has 22 heavy (non-hydrogen) atoms. The first-order valence-electron chi connectivity index (χ1n) is 7.20. The van der Waals surface area contributed by atoms with Gasteiger partial charge in [-0.1, -0.05) is 20.8 Å². The van der Waals surface area contributed by atoms with Crippen molar-refractivity contribution in [2.24, 2.45) is 0 Å². The lowest BCUT2D eigenvalue weighted by atomic mass is 9.98. The SMILES string of the molecule is CC(C)(C)OC(=O)NCCNC(=O)c1cnc(C(C)(C)C)s1. The van der Waals surface area contributed by atoms with Crippen LogP contribution >= 0.6 is 11.3 Å². The maximum Gasteiger partial charge on any atom is 0.407 e. The van der Waals surface area contributed by atoms with Crippen LogP contribution in [0.1, 0.15) is 56.2 Å². The Hall–Kier alpha value is -1.63. The number of hydrogen-bond donors (Lipinski definition) is 2. The van der Waals surface area contributed by atoms with Crippen LogP contribution in [0.25, 0.3) is 0 Å². The van der Waals surface area contributed by atoms with Crippen molar-refractivity contribution in [1.82, 2.24) is 15.6 Å². The summed E-state index contributed by atoms with van der Waals surface area (Å²) in [6, 6.07) is 0. The van der Waals surface area contributed by atoms with Crippen molar-refractivity contribution in [1.29, 1.82) is 0 Å². The molecule has 1 heterocycles. The summed E-state index contributed by atoms with van der Waals surface area (Å²) in [6.07, 6.45) is 1.09. The molecule has 1 rings (SSSR count). The highest BCUT2D eigenvalue weighted by Crippen LogP contribution is 2.26. The fourth-order valence-electron chi connectivity index (χ4n) is 1.47. The molecule has 0 aliphatic heterocycles. The summed E-state index contributed by atoms with van der Waals surface area (Å²) in [5.74, 6) is -0.181. The van der Waals surface area contributed by atoms with Gasteiger partial charge in [0.05, 0.1) is 11.2 Å². The van der Waals surface area contributed by atoms with Crippen molar-refractivity contribution in [2.45, 2.75) is 52.6 Å². The fraction of sp³-hybridized carbons (Fsp3) is 0.667. The number of alkyl carbamates (subject to hydrolysis) is 1. The number of amides is 2. The highest BCUT2D eigenvalue weighted by atomic mass is 32.1. The second-order valence-corrected chi connectivity index (χ2v) is 7.99. The highest BCUT2D eigenvalue weighted by Gasteiger charge is 2.20. The van der Waals surface area contributed by atoms with E-state index >= 15 is 0 Å². The van der Waals surface area contributed by atoms with E-state index in [1.165, 1.54) is 11.3 Å². The molecule has 0 unspecified atom stereocenters. The number of nitrogens with zero attached hydrogens (tertiary/aromatic N) is 1. The van der Waals surface area contributed by atoms with E-state index in [9.17, 15) is 9.59 Å². The van der Waals surface area contributed by atoms with E-state index in [0.717, 1.165) is 5.01 Å². The van der Waals surface area contributed by atoms with Gasteiger partial charge in [0, 0.05) is 18.5 Å². The molecule has 0 aliphatic carbocycles. The third kappa shape index (κ3) is 6.43. The first-order valence-corrected chi connectivity index (χ1v) is 8.02. The third-order valence-corrected chi connectivity index (χ3v) is 3.87. The minimum Gasteiger partial charge on any atom is -0.444 e. The van der Waals surface area contributed by atoms with E-state index in [2.05, 4.69) is 36.4 Å². The van der Waals surface area contributed by atoms with Crippen LogP contribution in [0, 0.1) is 0 Å². The number of aromatic nitrogens is 1. The summed E-state index contributed by atoms with van der Waals surface area (Å²) in [5.41, 5.74) is -0.596. The molecule has 0 bridgehead atoms. The molecule has 0 saturated carbocycles. The molecule has 0 spiro atoms. The van der Waals surface area contributed by atoms with Gasteiger partial charge in [-0.2, -0.15) is 0 Å². The molecule has 0 saturated heterocycles. The van der Waals surface area contributed by atoms with Crippen LogP contribution in [0.15, 0.2) is 6.20 Å². The van der Waals surface area contributed by atoms with Crippen molar-refractivity contribution >= 4 is 23.3 Å². The maximum absolute atomic E-state index is 12.0. The van der Waals surface area contributed by atoms with Crippen LogP contribution < -0.4 is 10.6 Å². The first kappa shape index (κ1) is 18.4. The molecule has 0 aromatic carbocycles. The normalized spacial score (nSPS) is 11.9. The van der Waals surface area contributed by atoms with E-state index < -0.39 is 11.7 Å². The first-order chi connectivity index (χ1) is 9.99. The van der Waals surface area contributed by atoms with Crippen molar-refractivity contribution in [3.05, 3.63) is 16.1 Å². The van der Waals surface area contributed by atoms with Gasteiger partial charge in [-0.15, -0.1) is 11.3 Å². The topological polar surface area (TPSA) is 80.3 Å². The molecular weight excluding hydrogens is 302 g/mol. The number of rotatable bonds is 4. The predicted octanol–water partition coefficient (Wildman–Crippen LogP) is 2.70. The molecule has 0 aliphatic rings. The quantitative estimate of drug-likeness (QED) is 0.833. The van der Waals surface area contributed by atoms with Crippen molar-refractivity contribution in [3.63, 3.8) is 0 Å². The van der Waals surface area contributed by atoms with E-state index in [4.69, 9.17) is 4.74 Å². The Kier molecular flexibility index (Phi) is 5.93. The van der Waals surface area contributed by atoms with Crippen molar-refractivity contribution in [3.8, 4) is 0 Å². The predicted molar refractivity (Wildman–Crippen MR) is 87.4 cm³/mol. The monoisotopic (exact) mass is 327 g/mol. The zero-order chi connectivity index (χ0) is 17.0. The summed E-state index contributed by atoms with van der Waals surface area (Å²) in [4.78, 5) is 28.3. The Balaban J connectivity index is 2.35. The number of carbonyl (C=O) groups is 2. The Morgan fingerprint density at radius 1 is 1.14 bits per heavy atom. The molecule has 0 radical (unpaired) electrons. The van der Waals surface area contributed by atoms with E-state index in [-0.39, 0.29) is 11.3 Å². The lowest BCUT2D eigenvalue weighted by Crippen LogP contribution is -2.37. The summed E-state index contributed by atoms with van der Waals surface area (Å²) < 4.78 is 5.10. The summed E-state index contributed by atoms with van der Waals surface area (Å²) in [7, 11) is 0. The Morgan fingerprint density at radius 3 is 2.23 bits per heavy atom. The van der Waals surface area contributed by atoms with Crippen molar-refractivity contribution in [2.75, 3.05) is 13.1 Å². The number of carbonyl (C=O) groups excluding carboxylic acids is 2. The lowest BCUT2D eigenvalue weighted by Gasteiger charge is -2.19. The van der Waals surface area contributed by atoms with Gasteiger partial charge in [0.2, 0.25) is 0 Å². The summed E-state index contributed by atoms with van der Waals surface area (Å²) >= 11 is 1.38. The van der Waals surface area contributed by atoms with Gasteiger partial charge in [-0.05, 0) is 20.8 Å². The van der Waals surface area contributed by atoms with E-state index in [1.807, 2.05) is 0 Å². The molecule has 1 aromatic heterocycles. The average Bonchev–Trinajstić information content (AvgIpc) is 2.81. The second kappa shape index (κ2) is 7.09. The van der Waals surface area contributed by atoms with Gasteiger partial charge in [0.25, 0.3) is 5.91 Å². The van der Waals surface area contributed by atoms with Gasteiger partial charge in [0.15, 0.2) is 0 Å².